The fraction of sp³-hybridized carbons (Fsp3) is 0.357. The first kappa shape index (κ1) is 28.5. The summed E-state index contributed by atoms with van der Waals surface area (Å²) in [7, 11) is 0. The summed E-state index contributed by atoms with van der Waals surface area (Å²) in [6.45, 7) is 8.74. The molecule has 0 fully saturated rings. The van der Waals surface area contributed by atoms with Crippen molar-refractivity contribution in [1.82, 2.24) is 9.97 Å². The molecular weight excluding hydrogens is 492 g/mol. The molecule has 1 amide bonds. The van der Waals surface area contributed by atoms with Gasteiger partial charge in [-0.05, 0) is 51.7 Å². The minimum absolute atomic E-state index is 0.0651. The molecule has 0 unspecified atom stereocenters. The molecule has 202 valence electrons. The lowest BCUT2D eigenvalue weighted by molar-refractivity contribution is -0.155. The zero-order valence-electron chi connectivity index (χ0n) is 22.1. The van der Waals surface area contributed by atoms with E-state index < -0.39 is 29.2 Å². The Morgan fingerprint density at radius 3 is 2.37 bits per heavy atom. The van der Waals surface area contributed by atoms with E-state index >= 15 is 4.39 Å². The average molecular weight is 526 g/mol. The van der Waals surface area contributed by atoms with E-state index in [0.29, 0.717) is 6.42 Å². The molecule has 4 N–H and O–H groups in total. The van der Waals surface area contributed by atoms with Gasteiger partial charge in [-0.1, -0.05) is 37.3 Å². The number of carbonyl (C=O) groups excluding carboxylic acids is 2. The van der Waals surface area contributed by atoms with E-state index in [-0.39, 0.29) is 46.9 Å². The fourth-order valence-electron chi connectivity index (χ4n) is 3.81. The number of rotatable bonds is 10. The number of nitrogens with one attached hydrogen (secondary N) is 2. The Kier molecular flexibility index (Phi) is 8.98. The molecule has 0 radical (unpaired) electrons. The molecule has 0 saturated heterocycles. The Bertz CT molecular complexity index is 1300. The van der Waals surface area contributed by atoms with Crippen molar-refractivity contribution in [3.8, 4) is 0 Å². The van der Waals surface area contributed by atoms with Gasteiger partial charge in [0.05, 0.1) is 29.6 Å². The number of halogens is 2. The third-order valence-corrected chi connectivity index (χ3v) is 5.75. The number of carbonyl (C=O) groups is 2. The first-order valence-electron chi connectivity index (χ1n) is 12.2. The van der Waals surface area contributed by atoms with Crippen LogP contribution in [0, 0.1) is 24.5 Å². The highest BCUT2D eigenvalue weighted by molar-refractivity contribution is 5.98. The summed E-state index contributed by atoms with van der Waals surface area (Å²) in [5.74, 6) is -3.16. The standard InChI is InChI=1S/C28H33F2N5O3/c1-16(11-24(36)38-28(3,4)5)23(12-18-9-7-6-8-10-18)34-27-22(30)14-20(25(31)37)26(35-27)33-19-13-21(29)17(2)32-15-19/h6-10,13-16,23H,11-12H2,1-5H3,(H2,31,37)(H2,33,34,35)/t16-,23-/m1/s1. The van der Waals surface area contributed by atoms with E-state index in [4.69, 9.17) is 10.5 Å². The fourth-order valence-corrected chi connectivity index (χ4v) is 3.81. The number of esters is 1. The first-order chi connectivity index (χ1) is 17.8. The number of primary amides is 1. The molecule has 1 aromatic carbocycles. The number of nitrogens with zero attached hydrogens (tertiary/aromatic N) is 2. The van der Waals surface area contributed by atoms with Crippen molar-refractivity contribution in [2.45, 2.75) is 59.1 Å². The average Bonchev–Trinajstić information content (AvgIpc) is 2.82. The van der Waals surface area contributed by atoms with Crippen molar-refractivity contribution in [2.24, 2.45) is 11.7 Å². The highest BCUT2D eigenvalue weighted by Crippen LogP contribution is 2.27. The Balaban J connectivity index is 1.94. The van der Waals surface area contributed by atoms with Crippen molar-refractivity contribution in [3.05, 3.63) is 77.1 Å². The maximum Gasteiger partial charge on any atom is 0.306 e. The number of ether oxygens (including phenoxy) is 1. The van der Waals surface area contributed by atoms with Gasteiger partial charge >= 0.3 is 5.97 Å². The molecule has 0 aliphatic heterocycles. The van der Waals surface area contributed by atoms with Crippen LogP contribution < -0.4 is 16.4 Å². The maximum atomic E-state index is 15.2. The minimum Gasteiger partial charge on any atom is -0.460 e. The van der Waals surface area contributed by atoms with Crippen molar-refractivity contribution in [2.75, 3.05) is 10.6 Å². The molecule has 0 spiro atoms. The SMILES string of the molecule is Cc1ncc(Nc2nc(N[C@H](Cc3ccccc3)[C@H](C)CC(=O)OC(C)(C)C)c(F)cc2C(N)=O)cc1F. The topological polar surface area (TPSA) is 119 Å². The Labute approximate surface area is 221 Å². The van der Waals surface area contributed by atoms with E-state index in [2.05, 4.69) is 20.6 Å². The Morgan fingerprint density at radius 1 is 1.08 bits per heavy atom. The molecule has 2 atom stereocenters. The predicted molar refractivity (Wildman–Crippen MR) is 142 cm³/mol. The largest absolute Gasteiger partial charge is 0.460 e. The molecule has 38 heavy (non-hydrogen) atoms. The number of aryl methyl sites for hydroxylation is 1. The van der Waals surface area contributed by atoms with Gasteiger partial charge in [0.1, 0.15) is 17.2 Å². The van der Waals surface area contributed by atoms with E-state index in [1.165, 1.54) is 19.2 Å². The lowest BCUT2D eigenvalue weighted by Gasteiger charge is -2.27. The lowest BCUT2D eigenvalue weighted by atomic mass is 9.92. The second-order valence-corrected chi connectivity index (χ2v) is 10.2. The van der Waals surface area contributed by atoms with Gasteiger partial charge in [0.2, 0.25) is 0 Å². The molecule has 0 aliphatic rings. The van der Waals surface area contributed by atoms with Crippen LogP contribution in [0.5, 0.6) is 0 Å². The number of anilines is 3. The number of benzene rings is 1. The van der Waals surface area contributed by atoms with Crippen LogP contribution in [0.2, 0.25) is 0 Å². The molecule has 10 heteroatoms. The second-order valence-electron chi connectivity index (χ2n) is 10.2. The molecule has 2 aromatic heterocycles. The third kappa shape index (κ3) is 7.96. The van der Waals surface area contributed by atoms with Gasteiger partial charge in [-0.2, -0.15) is 0 Å². The van der Waals surface area contributed by atoms with E-state index in [0.717, 1.165) is 11.6 Å². The van der Waals surface area contributed by atoms with E-state index in [1.54, 1.807) is 20.8 Å². The number of aromatic nitrogens is 2. The van der Waals surface area contributed by atoms with Gasteiger partial charge in [0.15, 0.2) is 11.6 Å². The highest BCUT2D eigenvalue weighted by atomic mass is 19.1. The molecule has 8 nitrogen and oxygen atoms in total. The van der Waals surface area contributed by atoms with Crippen molar-refractivity contribution in [3.63, 3.8) is 0 Å². The minimum atomic E-state index is -0.912. The smallest absolute Gasteiger partial charge is 0.306 e. The normalized spacial score (nSPS) is 12.9. The molecule has 3 aromatic rings. The predicted octanol–water partition coefficient (Wildman–Crippen LogP) is 5.30. The number of hydrogen-bond acceptors (Lipinski definition) is 7. The number of pyridine rings is 2. The van der Waals surface area contributed by atoms with E-state index in [1.807, 2.05) is 37.3 Å². The van der Waals surface area contributed by atoms with Gasteiger partial charge in [-0.25, -0.2) is 13.8 Å². The van der Waals surface area contributed by atoms with Crippen LogP contribution in [0.4, 0.5) is 26.1 Å². The molecule has 0 bridgehead atoms. The second kappa shape index (κ2) is 12.0. The van der Waals surface area contributed by atoms with Crippen LogP contribution in [-0.2, 0) is 16.0 Å². The van der Waals surface area contributed by atoms with Crippen LogP contribution in [0.1, 0.15) is 55.7 Å². The maximum absolute atomic E-state index is 15.2. The van der Waals surface area contributed by atoms with Crippen LogP contribution in [-0.4, -0.2) is 33.5 Å². The number of nitrogens with two attached hydrogens (primary N) is 1. The van der Waals surface area contributed by atoms with Gasteiger partial charge in [-0.3, -0.25) is 14.6 Å². The summed E-state index contributed by atoms with van der Waals surface area (Å²) >= 11 is 0. The van der Waals surface area contributed by atoms with Crippen LogP contribution in [0.15, 0.2) is 48.7 Å². The molecule has 0 saturated carbocycles. The molecule has 0 aliphatic carbocycles. The summed E-state index contributed by atoms with van der Waals surface area (Å²) in [4.78, 5) is 32.8. The van der Waals surface area contributed by atoms with Crippen LogP contribution >= 0.6 is 0 Å². The molecular formula is C28H33F2N5O3. The Morgan fingerprint density at radius 2 is 1.76 bits per heavy atom. The van der Waals surface area contributed by atoms with Crippen molar-refractivity contribution >= 4 is 29.2 Å². The molecule has 2 heterocycles. The summed E-state index contributed by atoms with van der Waals surface area (Å²) in [5.41, 5.74) is 5.97. The summed E-state index contributed by atoms with van der Waals surface area (Å²) in [6, 6.07) is 11.3. The monoisotopic (exact) mass is 525 g/mol. The van der Waals surface area contributed by atoms with Gasteiger partial charge < -0.3 is 21.1 Å². The number of amides is 1. The molecule has 3 rings (SSSR count). The van der Waals surface area contributed by atoms with Crippen LogP contribution in [0.3, 0.4) is 0 Å². The van der Waals surface area contributed by atoms with Gasteiger partial charge in [-0.15, -0.1) is 0 Å². The van der Waals surface area contributed by atoms with Gasteiger partial charge in [0, 0.05) is 12.1 Å². The van der Waals surface area contributed by atoms with Crippen LogP contribution in [0.25, 0.3) is 0 Å². The quantitative estimate of drug-likeness (QED) is 0.308. The number of hydrogen-bond donors (Lipinski definition) is 3. The van der Waals surface area contributed by atoms with Gasteiger partial charge in [0.25, 0.3) is 5.91 Å². The summed E-state index contributed by atoms with van der Waals surface area (Å²) in [5, 5.41) is 5.91. The zero-order valence-corrected chi connectivity index (χ0v) is 22.1. The lowest BCUT2D eigenvalue weighted by Crippen LogP contribution is -2.34. The summed E-state index contributed by atoms with van der Waals surface area (Å²) in [6.07, 6.45) is 1.91. The van der Waals surface area contributed by atoms with Crippen molar-refractivity contribution in [1.29, 1.82) is 0 Å². The highest BCUT2D eigenvalue weighted by Gasteiger charge is 2.26. The Hall–Kier alpha value is -4.08. The third-order valence-electron chi connectivity index (χ3n) is 5.75. The van der Waals surface area contributed by atoms with Crippen molar-refractivity contribution < 1.29 is 23.1 Å². The summed E-state index contributed by atoms with van der Waals surface area (Å²) < 4.78 is 34.7. The first-order valence-corrected chi connectivity index (χ1v) is 12.2. The van der Waals surface area contributed by atoms with E-state index in [9.17, 15) is 14.0 Å². The zero-order chi connectivity index (χ0) is 28.0.